The molecular weight excluding hydrogens is 264 g/mol. The number of rotatable bonds is 5. The molecule has 0 spiro atoms. The van der Waals surface area contributed by atoms with Crippen LogP contribution in [0.3, 0.4) is 0 Å². The lowest BCUT2D eigenvalue weighted by Gasteiger charge is -2.21. The van der Waals surface area contributed by atoms with Gasteiger partial charge in [0, 0.05) is 5.56 Å². The van der Waals surface area contributed by atoms with Gasteiger partial charge in [0.1, 0.15) is 11.5 Å². The van der Waals surface area contributed by atoms with E-state index in [1.54, 1.807) is 14.2 Å². The lowest BCUT2D eigenvalue weighted by Crippen LogP contribution is -2.29. The van der Waals surface area contributed by atoms with Crippen molar-refractivity contribution in [2.75, 3.05) is 14.2 Å². The van der Waals surface area contributed by atoms with E-state index >= 15 is 0 Å². The number of nitrogens with two attached hydrogens (primary N) is 1. The van der Waals surface area contributed by atoms with Gasteiger partial charge in [-0.25, -0.2) is 5.43 Å². The number of hydrogen-bond acceptors (Lipinski definition) is 4. The topological polar surface area (TPSA) is 56.5 Å². The molecule has 1 atom stereocenters. The minimum absolute atomic E-state index is 0.159. The van der Waals surface area contributed by atoms with Crippen molar-refractivity contribution in [3.05, 3.63) is 58.7 Å². The molecule has 0 saturated carbocycles. The molecule has 2 aromatic carbocycles. The standard InChI is InChI=1S/C17H22N2O2/c1-11-7-12(2)9-13(8-11)17(19-18)15-10-14(20-3)5-6-16(15)21-4/h5-10,17,19H,18H2,1-4H3. The van der Waals surface area contributed by atoms with Gasteiger partial charge in [-0.1, -0.05) is 29.3 Å². The third-order valence-electron chi connectivity index (χ3n) is 3.49. The van der Waals surface area contributed by atoms with Crippen molar-refractivity contribution >= 4 is 0 Å². The van der Waals surface area contributed by atoms with E-state index in [9.17, 15) is 0 Å². The first-order chi connectivity index (χ1) is 10.1. The Morgan fingerprint density at radius 1 is 0.952 bits per heavy atom. The molecule has 0 radical (unpaired) electrons. The van der Waals surface area contributed by atoms with Crippen LogP contribution in [0.15, 0.2) is 36.4 Å². The second-order valence-electron chi connectivity index (χ2n) is 5.13. The van der Waals surface area contributed by atoms with Crippen molar-refractivity contribution in [2.45, 2.75) is 19.9 Å². The molecule has 2 aromatic rings. The number of ether oxygens (including phenoxy) is 2. The summed E-state index contributed by atoms with van der Waals surface area (Å²) in [6.07, 6.45) is 0. The zero-order valence-corrected chi connectivity index (χ0v) is 12.9. The SMILES string of the molecule is COc1ccc(OC)c(C(NN)c2cc(C)cc(C)c2)c1. The van der Waals surface area contributed by atoms with Gasteiger partial charge in [0.05, 0.1) is 20.3 Å². The fraction of sp³-hybridized carbons (Fsp3) is 0.294. The van der Waals surface area contributed by atoms with Crippen molar-refractivity contribution in [1.82, 2.24) is 5.43 Å². The second-order valence-corrected chi connectivity index (χ2v) is 5.13. The lowest BCUT2D eigenvalue weighted by molar-refractivity contribution is 0.394. The Kier molecular flexibility index (Phi) is 4.83. The van der Waals surface area contributed by atoms with E-state index in [1.807, 2.05) is 18.2 Å². The largest absolute Gasteiger partial charge is 0.497 e. The summed E-state index contributed by atoms with van der Waals surface area (Å²) in [5.74, 6) is 7.36. The second kappa shape index (κ2) is 6.61. The molecule has 112 valence electrons. The van der Waals surface area contributed by atoms with Gasteiger partial charge in [-0.3, -0.25) is 5.84 Å². The van der Waals surface area contributed by atoms with Gasteiger partial charge in [-0.05, 0) is 37.6 Å². The molecule has 0 bridgehead atoms. The zero-order valence-electron chi connectivity index (χ0n) is 12.9. The van der Waals surface area contributed by atoms with Gasteiger partial charge in [0.2, 0.25) is 0 Å². The first-order valence-electron chi connectivity index (χ1n) is 6.85. The van der Waals surface area contributed by atoms with Crippen LogP contribution in [0.2, 0.25) is 0 Å². The Balaban J connectivity index is 2.54. The maximum atomic E-state index is 5.81. The van der Waals surface area contributed by atoms with Crippen LogP contribution in [-0.4, -0.2) is 14.2 Å². The molecule has 0 aliphatic carbocycles. The third-order valence-corrected chi connectivity index (χ3v) is 3.49. The van der Waals surface area contributed by atoms with Crippen molar-refractivity contribution in [3.8, 4) is 11.5 Å². The monoisotopic (exact) mass is 286 g/mol. The summed E-state index contributed by atoms with van der Waals surface area (Å²) in [5, 5.41) is 0. The highest BCUT2D eigenvalue weighted by Crippen LogP contribution is 2.33. The Morgan fingerprint density at radius 3 is 2.14 bits per heavy atom. The minimum Gasteiger partial charge on any atom is -0.497 e. The summed E-state index contributed by atoms with van der Waals surface area (Å²) >= 11 is 0. The van der Waals surface area contributed by atoms with E-state index in [0.717, 1.165) is 22.6 Å². The van der Waals surface area contributed by atoms with Crippen LogP contribution < -0.4 is 20.7 Å². The normalized spacial score (nSPS) is 12.0. The predicted octanol–water partition coefficient (Wildman–Crippen LogP) is 2.87. The molecule has 0 heterocycles. The van der Waals surface area contributed by atoms with E-state index in [-0.39, 0.29) is 6.04 Å². The quantitative estimate of drug-likeness (QED) is 0.655. The molecule has 1 unspecified atom stereocenters. The van der Waals surface area contributed by atoms with Gasteiger partial charge in [-0.15, -0.1) is 0 Å². The molecule has 0 aliphatic rings. The number of hydrazine groups is 1. The Bertz CT molecular complexity index is 606. The van der Waals surface area contributed by atoms with Crippen LogP contribution in [0, 0.1) is 13.8 Å². The van der Waals surface area contributed by atoms with Crippen molar-refractivity contribution in [2.24, 2.45) is 5.84 Å². The van der Waals surface area contributed by atoms with Gasteiger partial charge in [0.15, 0.2) is 0 Å². The molecule has 0 aliphatic heterocycles. The maximum absolute atomic E-state index is 5.81. The fourth-order valence-electron chi connectivity index (χ4n) is 2.61. The van der Waals surface area contributed by atoms with Crippen molar-refractivity contribution in [1.29, 1.82) is 0 Å². The van der Waals surface area contributed by atoms with E-state index in [1.165, 1.54) is 11.1 Å². The Labute approximate surface area is 125 Å². The Morgan fingerprint density at radius 2 is 1.62 bits per heavy atom. The molecular formula is C17H22N2O2. The summed E-state index contributed by atoms with van der Waals surface area (Å²) in [4.78, 5) is 0. The molecule has 4 nitrogen and oxygen atoms in total. The summed E-state index contributed by atoms with van der Waals surface area (Å²) < 4.78 is 10.8. The van der Waals surface area contributed by atoms with Crippen molar-refractivity contribution in [3.63, 3.8) is 0 Å². The van der Waals surface area contributed by atoms with Crippen LogP contribution in [0.25, 0.3) is 0 Å². The molecule has 3 N–H and O–H groups in total. The van der Waals surface area contributed by atoms with Crippen LogP contribution in [0.4, 0.5) is 0 Å². The van der Waals surface area contributed by atoms with Gasteiger partial charge in [0.25, 0.3) is 0 Å². The molecule has 21 heavy (non-hydrogen) atoms. The first kappa shape index (κ1) is 15.4. The van der Waals surface area contributed by atoms with E-state index < -0.39 is 0 Å². The van der Waals surface area contributed by atoms with Crippen LogP contribution in [-0.2, 0) is 0 Å². The molecule has 0 fully saturated rings. The number of methoxy groups -OCH3 is 2. The summed E-state index contributed by atoms with van der Waals surface area (Å²) in [6.45, 7) is 4.15. The van der Waals surface area contributed by atoms with Gasteiger partial charge in [-0.2, -0.15) is 0 Å². The third kappa shape index (κ3) is 3.35. The highest BCUT2D eigenvalue weighted by atomic mass is 16.5. The average molecular weight is 286 g/mol. The van der Waals surface area contributed by atoms with Crippen LogP contribution in [0.1, 0.15) is 28.3 Å². The molecule has 2 rings (SSSR count). The van der Waals surface area contributed by atoms with Crippen LogP contribution in [0.5, 0.6) is 11.5 Å². The molecule has 4 heteroatoms. The summed E-state index contributed by atoms with van der Waals surface area (Å²) in [6, 6.07) is 11.9. The van der Waals surface area contributed by atoms with E-state index in [4.69, 9.17) is 15.3 Å². The first-order valence-corrected chi connectivity index (χ1v) is 6.85. The number of hydrogen-bond donors (Lipinski definition) is 2. The minimum atomic E-state index is -0.159. The molecule has 0 aromatic heterocycles. The highest BCUT2D eigenvalue weighted by molar-refractivity contribution is 5.47. The number of benzene rings is 2. The van der Waals surface area contributed by atoms with Gasteiger partial charge >= 0.3 is 0 Å². The van der Waals surface area contributed by atoms with E-state index in [0.29, 0.717) is 0 Å². The van der Waals surface area contributed by atoms with Gasteiger partial charge < -0.3 is 9.47 Å². The van der Waals surface area contributed by atoms with Crippen LogP contribution >= 0.6 is 0 Å². The smallest absolute Gasteiger partial charge is 0.124 e. The molecule has 0 amide bonds. The lowest BCUT2D eigenvalue weighted by atomic mass is 9.95. The maximum Gasteiger partial charge on any atom is 0.124 e. The zero-order chi connectivity index (χ0) is 15.4. The number of aryl methyl sites for hydroxylation is 2. The number of nitrogens with one attached hydrogen (secondary N) is 1. The predicted molar refractivity (Wildman–Crippen MR) is 84.6 cm³/mol. The Hall–Kier alpha value is -2.04. The highest BCUT2D eigenvalue weighted by Gasteiger charge is 2.18. The summed E-state index contributed by atoms with van der Waals surface area (Å²) in [5.41, 5.74) is 7.33. The van der Waals surface area contributed by atoms with Crippen molar-refractivity contribution < 1.29 is 9.47 Å². The van der Waals surface area contributed by atoms with E-state index in [2.05, 4.69) is 37.5 Å². The average Bonchev–Trinajstić information content (AvgIpc) is 2.47. The molecule has 0 saturated heterocycles. The summed E-state index contributed by atoms with van der Waals surface area (Å²) in [7, 11) is 3.30. The fourth-order valence-corrected chi connectivity index (χ4v) is 2.61.